The van der Waals surface area contributed by atoms with Gasteiger partial charge in [0.2, 0.25) is 0 Å². The van der Waals surface area contributed by atoms with Gasteiger partial charge in [-0.2, -0.15) is 0 Å². The van der Waals surface area contributed by atoms with Crippen LogP contribution in [-0.2, 0) is 9.68 Å². The van der Waals surface area contributed by atoms with E-state index in [9.17, 15) is 0 Å². The van der Waals surface area contributed by atoms with E-state index in [1.807, 2.05) is 6.92 Å². The molecule has 0 heterocycles. The van der Waals surface area contributed by atoms with Gasteiger partial charge in [0.15, 0.2) is 0 Å². The lowest BCUT2D eigenvalue weighted by Gasteiger charge is -2.25. The van der Waals surface area contributed by atoms with Crippen LogP contribution >= 0.6 is 0 Å². The van der Waals surface area contributed by atoms with Crippen LogP contribution in [-0.4, -0.2) is 48.0 Å². The Morgan fingerprint density at radius 1 is 1.23 bits per heavy atom. The number of hydrogen-bond donors (Lipinski definition) is 3. The zero-order valence-corrected chi connectivity index (χ0v) is 7.85. The minimum Gasteiger partial charge on any atom is -0.394 e. The number of aliphatic hydroxyl groups excluding tert-OH is 2. The van der Waals surface area contributed by atoms with Crippen molar-refractivity contribution in [2.75, 3.05) is 26.4 Å². The van der Waals surface area contributed by atoms with Gasteiger partial charge >= 0.3 is 0 Å². The molecule has 0 aliphatic rings. The predicted molar refractivity (Wildman–Crippen MR) is 46.2 cm³/mol. The molecule has 0 aromatic rings. The normalized spacial score (nSPS) is 13.6. The molecule has 1 unspecified atom stereocenters. The van der Waals surface area contributed by atoms with Crippen LogP contribution in [0.4, 0.5) is 0 Å². The zero-order valence-electron chi connectivity index (χ0n) is 7.85. The van der Waals surface area contributed by atoms with Gasteiger partial charge in [-0.15, -0.1) is 0 Å². The second-order valence-electron chi connectivity index (χ2n) is 2.37. The van der Waals surface area contributed by atoms with Crippen molar-refractivity contribution < 1.29 is 19.9 Å². The summed E-state index contributed by atoms with van der Waals surface area (Å²) in [5.74, 6) is 0. The van der Waals surface area contributed by atoms with Crippen molar-refractivity contribution in [2.24, 2.45) is 5.73 Å². The molecule has 0 aromatic carbocycles. The second kappa shape index (κ2) is 8.36. The van der Waals surface area contributed by atoms with Gasteiger partial charge < -0.3 is 15.9 Å². The number of nitrogens with two attached hydrogens (primary N) is 1. The number of rotatable bonds is 8. The second-order valence-corrected chi connectivity index (χ2v) is 2.37. The fourth-order valence-corrected chi connectivity index (χ4v) is 0.639. The summed E-state index contributed by atoms with van der Waals surface area (Å²) in [6.45, 7) is 1.92. The maximum Gasteiger partial charge on any atom is 0.109 e. The SMILES string of the molecule is CCC(N)N(OCCO)OCCO. The number of hydroxylamine groups is 2. The molecule has 0 saturated carbocycles. The number of aliphatic hydroxyl groups is 2. The third kappa shape index (κ3) is 5.92. The molecule has 0 aromatic heterocycles. The number of nitrogens with zero attached hydrogens (tertiary/aromatic N) is 1. The van der Waals surface area contributed by atoms with Crippen LogP contribution in [0.1, 0.15) is 13.3 Å². The highest BCUT2D eigenvalue weighted by molar-refractivity contribution is 4.46. The van der Waals surface area contributed by atoms with Crippen molar-refractivity contribution in [3.63, 3.8) is 0 Å². The van der Waals surface area contributed by atoms with E-state index >= 15 is 0 Å². The molecular weight excluding hydrogens is 176 g/mol. The highest BCUT2D eigenvalue weighted by Crippen LogP contribution is 1.99. The third-order valence-corrected chi connectivity index (χ3v) is 1.31. The molecule has 0 fully saturated rings. The Hall–Kier alpha value is -0.240. The summed E-state index contributed by atoms with van der Waals surface area (Å²) in [6.07, 6.45) is 0.259. The maximum absolute atomic E-state index is 8.50. The average molecular weight is 194 g/mol. The molecule has 0 rings (SSSR count). The topological polar surface area (TPSA) is 88.2 Å². The molecule has 0 aliphatic carbocycles. The molecule has 0 radical (unpaired) electrons. The van der Waals surface area contributed by atoms with Crippen molar-refractivity contribution in [2.45, 2.75) is 19.5 Å². The van der Waals surface area contributed by atoms with Crippen LogP contribution in [0.25, 0.3) is 0 Å². The summed E-state index contributed by atoms with van der Waals surface area (Å²) >= 11 is 0. The molecular formula is C7H18N2O4. The van der Waals surface area contributed by atoms with Gasteiger partial charge in [0, 0.05) is 0 Å². The number of hydrogen-bond acceptors (Lipinski definition) is 6. The summed E-state index contributed by atoms with van der Waals surface area (Å²) in [4.78, 5) is 9.94. The first-order valence-corrected chi connectivity index (χ1v) is 4.28. The molecule has 0 saturated heterocycles. The summed E-state index contributed by atoms with van der Waals surface area (Å²) in [5, 5.41) is 18.1. The van der Waals surface area contributed by atoms with Crippen LogP contribution in [0.3, 0.4) is 0 Å². The van der Waals surface area contributed by atoms with Gasteiger partial charge in [0.05, 0.1) is 26.4 Å². The molecule has 6 nitrogen and oxygen atoms in total. The smallest absolute Gasteiger partial charge is 0.109 e. The Morgan fingerprint density at radius 3 is 2.00 bits per heavy atom. The molecule has 13 heavy (non-hydrogen) atoms. The van der Waals surface area contributed by atoms with Crippen molar-refractivity contribution in [1.29, 1.82) is 0 Å². The summed E-state index contributed by atoms with van der Waals surface area (Å²) < 4.78 is 0. The molecule has 0 amide bonds. The van der Waals surface area contributed by atoms with Crippen molar-refractivity contribution in [3.8, 4) is 0 Å². The predicted octanol–water partition coefficient (Wildman–Crippen LogP) is -1.17. The van der Waals surface area contributed by atoms with E-state index in [4.69, 9.17) is 25.6 Å². The average Bonchev–Trinajstić information content (AvgIpc) is 2.17. The molecule has 0 bridgehead atoms. The van der Waals surface area contributed by atoms with Crippen LogP contribution in [0.5, 0.6) is 0 Å². The van der Waals surface area contributed by atoms with E-state index in [-0.39, 0.29) is 26.4 Å². The zero-order chi connectivity index (χ0) is 10.1. The Morgan fingerprint density at radius 2 is 1.69 bits per heavy atom. The van der Waals surface area contributed by atoms with Gasteiger partial charge in [-0.05, 0) is 11.6 Å². The van der Waals surface area contributed by atoms with Gasteiger partial charge in [0.25, 0.3) is 0 Å². The van der Waals surface area contributed by atoms with Crippen LogP contribution in [0.2, 0.25) is 0 Å². The summed E-state index contributed by atoms with van der Waals surface area (Å²) in [6, 6.07) is 0. The summed E-state index contributed by atoms with van der Waals surface area (Å²) in [7, 11) is 0. The van der Waals surface area contributed by atoms with Gasteiger partial charge in [-0.25, -0.2) is 0 Å². The maximum atomic E-state index is 8.50. The quantitative estimate of drug-likeness (QED) is 0.333. The molecule has 0 aliphatic heterocycles. The van der Waals surface area contributed by atoms with E-state index in [1.165, 1.54) is 0 Å². The fraction of sp³-hybridized carbons (Fsp3) is 1.00. The Bertz CT molecular complexity index is 107. The lowest BCUT2D eigenvalue weighted by molar-refractivity contribution is -0.390. The van der Waals surface area contributed by atoms with Gasteiger partial charge in [0.1, 0.15) is 6.17 Å². The van der Waals surface area contributed by atoms with E-state index in [1.54, 1.807) is 0 Å². The van der Waals surface area contributed by atoms with E-state index in [0.717, 1.165) is 5.23 Å². The Kier molecular flexibility index (Phi) is 8.21. The van der Waals surface area contributed by atoms with Crippen molar-refractivity contribution in [1.82, 2.24) is 5.23 Å². The first-order chi connectivity index (χ1) is 6.26. The van der Waals surface area contributed by atoms with Crippen molar-refractivity contribution in [3.05, 3.63) is 0 Å². The standard InChI is InChI=1S/C7H18N2O4/c1-2-7(8)9(12-5-3-10)13-6-4-11/h7,10-11H,2-6,8H2,1H3. The van der Waals surface area contributed by atoms with Crippen LogP contribution in [0.15, 0.2) is 0 Å². The van der Waals surface area contributed by atoms with E-state index in [2.05, 4.69) is 0 Å². The Balaban J connectivity index is 3.72. The lowest BCUT2D eigenvalue weighted by atomic mass is 10.4. The third-order valence-electron chi connectivity index (χ3n) is 1.31. The van der Waals surface area contributed by atoms with Gasteiger partial charge in [-0.1, -0.05) is 6.92 Å². The largest absolute Gasteiger partial charge is 0.394 e. The Labute approximate surface area is 77.8 Å². The molecule has 0 spiro atoms. The first kappa shape index (κ1) is 12.8. The summed E-state index contributed by atoms with van der Waals surface area (Å²) in [5.41, 5.74) is 5.61. The molecule has 4 N–H and O–H groups in total. The van der Waals surface area contributed by atoms with E-state index < -0.39 is 6.17 Å². The van der Waals surface area contributed by atoms with Gasteiger partial charge in [-0.3, -0.25) is 9.68 Å². The molecule has 80 valence electrons. The lowest BCUT2D eigenvalue weighted by Crippen LogP contribution is -2.42. The van der Waals surface area contributed by atoms with Crippen molar-refractivity contribution >= 4 is 0 Å². The molecule has 1 atom stereocenters. The highest BCUT2D eigenvalue weighted by Gasteiger charge is 2.13. The van der Waals surface area contributed by atoms with E-state index in [0.29, 0.717) is 6.42 Å². The molecule has 6 heteroatoms. The highest BCUT2D eigenvalue weighted by atomic mass is 17.0. The van der Waals surface area contributed by atoms with Crippen LogP contribution < -0.4 is 5.73 Å². The van der Waals surface area contributed by atoms with Crippen LogP contribution in [0, 0.1) is 0 Å². The first-order valence-electron chi connectivity index (χ1n) is 4.28. The minimum atomic E-state index is -0.391. The monoisotopic (exact) mass is 194 g/mol. The fourth-order valence-electron chi connectivity index (χ4n) is 0.639. The minimum absolute atomic E-state index is 0.102.